The van der Waals surface area contributed by atoms with Crippen molar-refractivity contribution in [2.45, 2.75) is 71.5 Å². The Balaban J connectivity index is 1.78. The van der Waals surface area contributed by atoms with Crippen LogP contribution >= 0.6 is 11.6 Å². The second-order valence-electron chi connectivity index (χ2n) is 9.79. The Kier molecular flexibility index (Phi) is 8.43. The Bertz CT molecular complexity index is 1330. The van der Waals surface area contributed by atoms with E-state index in [0.29, 0.717) is 17.4 Å². The number of nitrogens with zero attached hydrogens (tertiary/aromatic N) is 1. The predicted octanol–water partition coefficient (Wildman–Crippen LogP) is 5.33. The molecule has 4 atom stereocenters. The van der Waals surface area contributed by atoms with E-state index in [1.165, 1.54) is 26.3 Å². The molecule has 1 aliphatic heterocycles. The molecule has 0 aliphatic carbocycles. The molecule has 38 heavy (non-hydrogen) atoms. The molecule has 2 aromatic carbocycles. The molecule has 3 aromatic rings. The van der Waals surface area contributed by atoms with Crippen LogP contribution in [-0.2, 0) is 39.8 Å². The number of fused-ring (bicyclic) bond motifs is 1. The molecular weight excluding hydrogens is 510 g/mol. The first-order chi connectivity index (χ1) is 18.0. The Morgan fingerprint density at radius 3 is 2.18 bits per heavy atom. The van der Waals surface area contributed by atoms with E-state index in [1.807, 2.05) is 29.0 Å². The van der Waals surface area contributed by atoms with E-state index in [0.717, 1.165) is 22.0 Å². The number of halogens is 1. The van der Waals surface area contributed by atoms with Gasteiger partial charge in [-0.3, -0.25) is 14.4 Å². The van der Waals surface area contributed by atoms with E-state index in [2.05, 4.69) is 38.1 Å². The quantitative estimate of drug-likeness (QED) is 0.295. The molecule has 8 nitrogen and oxygen atoms in total. The van der Waals surface area contributed by atoms with Crippen molar-refractivity contribution in [1.29, 1.82) is 0 Å². The van der Waals surface area contributed by atoms with Gasteiger partial charge in [-0.1, -0.05) is 55.8 Å². The first kappa shape index (κ1) is 27.7. The van der Waals surface area contributed by atoms with Gasteiger partial charge in [-0.25, -0.2) is 0 Å². The Labute approximate surface area is 226 Å². The number of carbonyl (C=O) groups excluding carboxylic acids is 3. The summed E-state index contributed by atoms with van der Waals surface area (Å²) >= 11 is 6.68. The number of carbonyl (C=O) groups is 3. The molecule has 1 aromatic heterocycles. The van der Waals surface area contributed by atoms with Crippen LogP contribution in [0.1, 0.15) is 63.5 Å². The summed E-state index contributed by atoms with van der Waals surface area (Å²) in [4.78, 5) is 35.8. The molecule has 0 N–H and O–H groups in total. The summed E-state index contributed by atoms with van der Waals surface area (Å²) in [5.41, 5.74) is 4.09. The normalized spacial score (nSPS) is 21.3. The molecule has 0 saturated carbocycles. The summed E-state index contributed by atoms with van der Waals surface area (Å²) in [5, 5.41) is 1.42. The first-order valence-electron chi connectivity index (χ1n) is 12.5. The standard InChI is InChI=1S/C29H32ClNO7/c1-16(2)21-11-9-20(10-12-21)13-22-14-31(24-8-6-7-23(30)26(22)24)29-28(38-19(5)34)27(37-18(4)33)25(15-35-29)36-17(3)32/h6-12,14,16,25,27-29H,13,15H2,1-5H3/t25-,27+,28-,29-/m1/s1. The van der Waals surface area contributed by atoms with Gasteiger partial charge >= 0.3 is 17.9 Å². The van der Waals surface area contributed by atoms with E-state index < -0.39 is 42.4 Å². The molecule has 0 spiro atoms. The minimum Gasteiger partial charge on any atom is -0.456 e. The fraction of sp³-hybridized carbons (Fsp3) is 0.414. The van der Waals surface area contributed by atoms with Crippen molar-refractivity contribution < 1.29 is 33.3 Å². The highest BCUT2D eigenvalue weighted by molar-refractivity contribution is 6.35. The van der Waals surface area contributed by atoms with Crippen molar-refractivity contribution in [3.05, 3.63) is 70.4 Å². The Morgan fingerprint density at radius 2 is 1.58 bits per heavy atom. The van der Waals surface area contributed by atoms with Gasteiger partial charge in [-0.15, -0.1) is 0 Å². The lowest BCUT2D eigenvalue weighted by Gasteiger charge is -2.41. The smallest absolute Gasteiger partial charge is 0.303 e. The largest absolute Gasteiger partial charge is 0.456 e. The molecule has 1 fully saturated rings. The summed E-state index contributed by atoms with van der Waals surface area (Å²) < 4.78 is 24.5. The topological polar surface area (TPSA) is 93.1 Å². The summed E-state index contributed by atoms with van der Waals surface area (Å²) in [6.07, 6.45) is -1.43. The molecular formula is C29H32ClNO7. The van der Waals surface area contributed by atoms with E-state index in [1.54, 1.807) is 0 Å². The molecule has 9 heteroatoms. The number of benzene rings is 2. The predicted molar refractivity (Wildman–Crippen MR) is 142 cm³/mol. The summed E-state index contributed by atoms with van der Waals surface area (Å²) in [6.45, 7) is 8.00. The number of aromatic nitrogens is 1. The maximum atomic E-state index is 12.1. The van der Waals surface area contributed by atoms with Gasteiger partial charge in [-0.05, 0) is 41.2 Å². The van der Waals surface area contributed by atoms with Gasteiger partial charge in [0.2, 0.25) is 0 Å². The first-order valence-corrected chi connectivity index (χ1v) is 12.9. The third kappa shape index (κ3) is 6.03. The minimum atomic E-state index is -1.08. The molecule has 0 amide bonds. The SMILES string of the molecule is CC(=O)O[C@@H]1[C@@H](OC(C)=O)[C@H](OC(C)=O)CO[C@H]1n1cc(Cc2ccc(C(C)C)cc2)c2c(Cl)cccc21. The van der Waals surface area contributed by atoms with E-state index in [4.69, 9.17) is 30.5 Å². The monoisotopic (exact) mass is 541 g/mol. The van der Waals surface area contributed by atoms with Crippen molar-refractivity contribution >= 4 is 40.4 Å². The minimum absolute atomic E-state index is 0.0633. The molecule has 1 saturated heterocycles. The molecule has 202 valence electrons. The van der Waals surface area contributed by atoms with Crippen LogP contribution in [0, 0.1) is 0 Å². The van der Waals surface area contributed by atoms with Crippen LogP contribution in [-0.4, -0.2) is 47.4 Å². The number of ether oxygens (including phenoxy) is 4. The lowest BCUT2D eigenvalue weighted by Crippen LogP contribution is -2.55. The highest BCUT2D eigenvalue weighted by atomic mass is 35.5. The summed E-state index contributed by atoms with van der Waals surface area (Å²) in [5.74, 6) is -1.33. The number of hydrogen-bond donors (Lipinski definition) is 0. The molecule has 0 radical (unpaired) electrons. The zero-order valence-corrected chi connectivity index (χ0v) is 22.9. The van der Waals surface area contributed by atoms with Crippen LogP contribution in [0.2, 0.25) is 5.02 Å². The van der Waals surface area contributed by atoms with Gasteiger partial charge in [0.25, 0.3) is 0 Å². The van der Waals surface area contributed by atoms with Gasteiger partial charge in [-0.2, -0.15) is 0 Å². The molecule has 4 rings (SSSR count). The Hall–Kier alpha value is -3.36. The maximum absolute atomic E-state index is 12.1. The van der Waals surface area contributed by atoms with Gasteiger partial charge < -0.3 is 23.5 Å². The van der Waals surface area contributed by atoms with Crippen molar-refractivity contribution in [3.63, 3.8) is 0 Å². The van der Waals surface area contributed by atoms with Crippen LogP contribution in [0.3, 0.4) is 0 Å². The van der Waals surface area contributed by atoms with Crippen LogP contribution in [0.5, 0.6) is 0 Å². The van der Waals surface area contributed by atoms with Crippen molar-refractivity contribution in [3.8, 4) is 0 Å². The van der Waals surface area contributed by atoms with Gasteiger partial charge in [0.05, 0.1) is 17.1 Å². The van der Waals surface area contributed by atoms with Crippen molar-refractivity contribution in [2.75, 3.05) is 6.61 Å². The average Bonchev–Trinajstić information content (AvgIpc) is 3.20. The molecule has 1 aliphatic rings. The second kappa shape index (κ2) is 11.6. The zero-order valence-electron chi connectivity index (χ0n) is 22.1. The third-order valence-electron chi connectivity index (χ3n) is 6.52. The molecule has 0 bridgehead atoms. The van der Waals surface area contributed by atoms with Crippen LogP contribution in [0.25, 0.3) is 10.9 Å². The van der Waals surface area contributed by atoms with Gasteiger partial charge in [0.1, 0.15) is 0 Å². The van der Waals surface area contributed by atoms with Crippen molar-refractivity contribution in [2.24, 2.45) is 0 Å². The van der Waals surface area contributed by atoms with Crippen molar-refractivity contribution in [1.82, 2.24) is 4.57 Å². The number of hydrogen-bond acceptors (Lipinski definition) is 7. The highest BCUT2D eigenvalue weighted by Crippen LogP contribution is 2.37. The third-order valence-corrected chi connectivity index (χ3v) is 6.84. The van der Waals surface area contributed by atoms with Crippen LogP contribution < -0.4 is 0 Å². The number of rotatable bonds is 7. The molecule has 2 heterocycles. The number of esters is 3. The second-order valence-corrected chi connectivity index (χ2v) is 10.2. The Morgan fingerprint density at radius 1 is 0.947 bits per heavy atom. The fourth-order valence-electron chi connectivity index (χ4n) is 4.89. The summed E-state index contributed by atoms with van der Waals surface area (Å²) in [7, 11) is 0. The zero-order chi connectivity index (χ0) is 27.6. The summed E-state index contributed by atoms with van der Waals surface area (Å²) in [6, 6.07) is 14.0. The van der Waals surface area contributed by atoms with E-state index >= 15 is 0 Å². The highest BCUT2D eigenvalue weighted by Gasteiger charge is 2.48. The van der Waals surface area contributed by atoms with E-state index in [-0.39, 0.29) is 6.61 Å². The molecule has 0 unspecified atom stereocenters. The lowest BCUT2D eigenvalue weighted by molar-refractivity contribution is -0.239. The van der Waals surface area contributed by atoms with Crippen LogP contribution in [0.4, 0.5) is 0 Å². The van der Waals surface area contributed by atoms with Gasteiger partial charge in [0, 0.05) is 32.4 Å². The van der Waals surface area contributed by atoms with Gasteiger partial charge in [0.15, 0.2) is 24.5 Å². The fourth-order valence-corrected chi connectivity index (χ4v) is 5.18. The lowest BCUT2D eigenvalue weighted by atomic mass is 9.99. The van der Waals surface area contributed by atoms with Crippen LogP contribution in [0.15, 0.2) is 48.7 Å². The maximum Gasteiger partial charge on any atom is 0.303 e. The van der Waals surface area contributed by atoms with E-state index in [9.17, 15) is 14.4 Å². The average molecular weight is 542 g/mol.